The highest BCUT2D eigenvalue weighted by Gasteiger charge is 2.00. The van der Waals surface area contributed by atoms with Crippen LogP contribution in [0.2, 0.25) is 0 Å². The van der Waals surface area contributed by atoms with Gasteiger partial charge in [-0.1, -0.05) is 42.5 Å². The fourth-order valence-corrected chi connectivity index (χ4v) is 1.79. The van der Waals surface area contributed by atoms with E-state index in [4.69, 9.17) is 0 Å². The minimum Gasteiger partial charge on any atom is -0.355 e. The zero-order valence-electron chi connectivity index (χ0n) is 9.89. The Balaban J connectivity index is 2.17. The fourth-order valence-electron chi connectivity index (χ4n) is 1.79. The molecule has 1 heteroatoms. The summed E-state index contributed by atoms with van der Waals surface area (Å²) in [7, 11) is 0. The van der Waals surface area contributed by atoms with Gasteiger partial charge < -0.3 is 5.32 Å². The molecule has 0 heterocycles. The average molecular weight is 223 g/mol. The zero-order valence-corrected chi connectivity index (χ0v) is 9.89. The minimum atomic E-state index is 1.01. The van der Waals surface area contributed by atoms with Gasteiger partial charge in [0.15, 0.2) is 0 Å². The van der Waals surface area contributed by atoms with Crippen LogP contribution in [0.5, 0.6) is 0 Å². The van der Waals surface area contributed by atoms with Crippen molar-refractivity contribution in [3.8, 4) is 0 Å². The van der Waals surface area contributed by atoms with Crippen LogP contribution in [0, 0.1) is 0 Å². The van der Waals surface area contributed by atoms with Crippen LogP contribution in [0.1, 0.15) is 12.0 Å². The number of hydrogen-bond donors (Lipinski definition) is 1. The van der Waals surface area contributed by atoms with Crippen molar-refractivity contribution in [1.82, 2.24) is 0 Å². The van der Waals surface area contributed by atoms with Crippen LogP contribution in [-0.4, -0.2) is 0 Å². The predicted octanol–water partition coefficient (Wildman–Crippen LogP) is 4.55. The van der Waals surface area contributed by atoms with E-state index in [0.717, 1.165) is 18.5 Å². The van der Waals surface area contributed by atoms with Gasteiger partial charge in [-0.3, -0.25) is 0 Å². The second-order valence-electron chi connectivity index (χ2n) is 3.98. The zero-order chi connectivity index (χ0) is 11.9. The van der Waals surface area contributed by atoms with E-state index in [9.17, 15) is 0 Å². The summed E-state index contributed by atoms with van der Waals surface area (Å²) in [5.41, 5.74) is 3.63. The molecule has 0 radical (unpaired) electrons. The molecule has 17 heavy (non-hydrogen) atoms. The quantitative estimate of drug-likeness (QED) is 0.733. The number of rotatable bonds is 5. The molecule has 0 amide bonds. The highest BCUT2D eigenvalue weighted by atomic mass is 14.9. The van der Waals surface area contributed by atoms with Crippen molar-refractivity contribution in [2.24, 2.45) is 0 Å². The number of nitrogens with one attached hydrogen (secondary N) is 1. The Labute approximate surface area is 103 Å². The van der Waals surface area contributed by atoms with Crippen LogP contribution >= 0.6 is 0 Å². The average Bonchev–Trinajstić information content (AvgIpc) is 2.39. The first-order valence-electron chi connectivity index (χ1n) is 5.91. The predicted molar refractivity (Wildman–Crippen MR) is 74.7 cm³/mol. The van der Waals surface area contributed by atoms with E-state index in [1.807, 2.05) is 24.3 Å². The number of anilines is 2. The van der Waals surface area contributed by atoms with Crippen LogP contribution in [0.15, 0.2) is 67.3 Å². The third-order valence-electron chi connectivity index (χ3n) is 2.69. The molecule has 0 aliphatic rings. The third kappa shape index (κ3) is 3.22. The number of benzene rings is 2. The lowest BCUT2D eigenvalue weighted by Gasteiger charge is -2.11. The molecule has 1 nitrogen and oxygen atoms in total. The van der Waals surface area contributed by atoms with Crippen molar-refractivity contribution >= 4 is 11.4 Å². The summed E-state index contributed by atoms with van der Waals surface area (Å²) < 4.78 is 0. The van der Waals surface area contributed by atoms with E-state index in [1.165, 1.54) is 11.3 Å². The van der Waals surface area contributed by atoms with Gasteiger partial charge in [0.2, 0.25) is 0 Å². The molecule has 2 aromatic rings. The Morgan fingerprint density at radius 3 is 2.41 bits per heavy atom. The summed E-state index contributed by atoms with van der Waals surface area (Å²) in [6.07, 6.45) is 3.99. The molecule has 0 aliphatic heterocycles. The number of para-hydroxylation sites is 2. The summed E-state index contributed by atoms with van der Waals surface area (Å²) >= 11 is 0. The first-order valence-corrected chi connectivity index (χ1v) is 5.91. The van der Waals surface area contributed by atoms with Gasteiger partial charge in [0.05, 0.1) is 0 Å². The Morgan fingerprint density at radius 1 is 0.941 bits per heavy atom. The van der Waals surface area contributed by atoms with Crippen molar-refractivity contribution in [3.05, 3.63) is 72.8 Å². The largest absolute Gasteiger partial charge is 0.355 e. The summed E-state index contributed by atoms with van der Waals surface area (Å²) in [5, 5.41) is 3.45. The summed E-state index contributed by atoms with van der Waals surface area (Å²) in [6, 6.07) is 18.7. The summed E-state index contributed by atoms with van der Waals surface area (Å²) in [4.78, 5) is 0. The Morgan fingerprint density at radius 2 is 1.65 bits per heavy atom. The molecule has 0 aromatic heterocycles. The van der Waals surface area contributed by atoms with Gasteiger partial charge in [0, 0.05) is 11.4 Å². The third-order valence-corrected chi connectivity index (χ3v) is 2.69. The maximum Gasteiger partial charge on any atom is 0.0416 e. The number of aryl methyl sites for hydroxylation is 1. The summed E-state index contributed by atoms with van der Waals surface area (Å²) in [5.74, 6) is 0. The molecule has 0 bridgehead atoms. The molecule has 2 rings (SSSR count). The molecule has 2 aromatic carbocycles. The Kier molecular flexibility index (Phi) is 3.98. The standard InChI is InChI=1S/C16H17N/c1-2-3-9-14-10-7-8-13-16(14)17-15-11-5-4-6-12-15/h2,4-8,10-13,17H,1,3,9H2. The van der Waals surface area contributed by atoms with Gasteiger partial charge in [0.25, 0.3) is 0 Å². The van der Waals surface area contributed by atoms with E-state index in [2.05, 4.69) is 48.3 Å². The molecule has 1 N–H and O–H groups in total. The van der Waals surface area contributed by atoms with Crippen molar-refractivity contribution in [3.63, 3.8) is 0 Å². The molecule has 86 valence electrons. The van der Waals surface area contributed by atoms with Crippen LogP contribution in [0.3, 0.4) is 0 Å². The van der Waals surface area contributed by atoms with E-state index < -0.39 is 0 Å². The smallest absolute Gasteiger partial charge is 0.0416 e. The molecule has 0 unspecified atom stereocenters. The molecule has 0 atom stereocenters. The molecule has 0 fully saturated rings. The van der Waals surface area contributed by atoms with E-state index in [-0.39, 0.29) is 0 Å². The van der Waals surface area contributed by atoms with Crippen LogP contribution in [-0.2, 0) is 6.42 Å². The lowest BCUT2D eigenvalue weighted by molar-refractivity contribution is 1.01. The van der Waals surface area contributed by atoms with Crippen LogP contribution in [0.4, 0.5) is 11.4 Å². The topological polar surface area (TPSA) is 12.0 Å². The number of hydrogen-bond acceptors (Lipinski definition) is 1. The lowest BCUT2D eigenvalue weighted by Crippen LogP contribution is -1.95. The minimum absolute atomic E-state index is 1.01. The first-order chi connectivity index (χ1) is 8.40. The van der Waals surface area contributed by atoms with Gasteiger partial charge >= 0.3 is 0 Å². The van der Waals surface area contributed by atoms with Gasteiger partial charge in [-0.2, -0.15) is 0 Å². The van der Waals surface area contributed by atoms with E-state index >= 15 is 0 Å². The molecule has 0 saturated carbocycles. The second kappa shape index (κ2) is 5.90. The highest BCUT2D eigenvalue weighted by molar-refractivity contribution is 5.63. The Hall–Kier alpha value is -2.02. The second-order valence-corrected chi connectivity index (χ2v) is 3.98. The van der Waals surface area contributed by atoms with Crippen molar-refractivity contribution in [2.75, 3.05) is 5.32 Å². The maximum atomic E-state index is 3.77. The van der Waals surface area contributed by atoms with Crippen molar-refractivity contribution < 1.29 is 0 Å². The van der Waals surface area contributed by atoms with Crippen LogP contribution in [0.25, 0.3) is 0 Å². The normalized spacial score (nSPS) is 9.88. The molecular weight excluding hydrogens is 206 g/mol. The van der Waals surface area contributed by atoms with Gasteiger partial charge in [-0.15, -0.1) is 6.58 Å². The molecular formula is C16H17N. The molecule has 0 saturated heterocycles. The monoisotopic (exact) mass is 223 g/mol. The maximum absolute atomic E-state index is 3.77. The van der Waals surface area contributed by atoms with Crippen molar-refractivity contribution in [2.45, 2.75) is 12.8 Å². The number of allylic oxidation sites excluding steroid dienone is 1. The lowest BCUT2D eigenvalue weighted by atomic mass is 10.1. The SMILES string of the molecule is C=CCCc1ccccc1Nc1ccccc1. The highest BCUT2D eigenvalue weighted by Crippen LogP contribution is 2.21. The van der Waals surface area contributed by atoms with Gasteiger partial charge in [0.1, 0.15) is 0 Å². The van der Waals surface area contributed by atoms with Gasteiger partial charge in [-0.25, -0.2) is 0 Å². The first kappa shape index (κ1) is 11.5. The van der Waals surface area contributed by atoms with Crippen LogP contribution < -0.4 is 5.32 Å². The summed E-state index contributed by atoms with van der Waals surface area (Å²) in [6.45, 7) is 3.77. The van der Waals surface area contributed by atoms with Crippen molar-refractivity contribution in [1.29, 1.82) is 0 Å². The van der Waals surface area contributed by atoms with E-state index in [1.54, 1.807) is 0 Å². The molecule has 0 aliphatic carbocycles. The Bertz CT molecular complexity index is 474. The van der Waals surface area contributed by atoms with Gasteiger partial charge in [-0.05, 0) is 36.6 Å². The fraction of sp³-hybridized carbons (Fsp3) is 0.125. The molecule has 0 spiro atoms. The van der Waals surface area contributed by atoms with E-state index in [0.29, 0.717) is 0 Å².